The van der Waals surface area contributed by atoms with Crippen molar-refractivity contribution in [2.24, 2.45) is 0 Å². The third kappa shape index (κ3) is 1.89. The van der Waals surface area contributed by atoms with Gasteiger partial charge in [0.05, 0.1) is 12.0 Å². The quantitative estimate of drug-likeness (QED) is 0.738. The molecular formula is C14H10FNO3S. The first-order valence-corrected chi connectivity index (χ1v) is 6.84. The number of halogens is 1. The summed E-state index contributed by atoms with van der Waals surface area (Å²) in [5.41, 5.74) is -0.502. The molecule has 2 aromatic heterocycles. The van der Waals surface area contributed by atoms with Gasteiger partial charge in [-0.05, 0) is 25.1 Å². The number of aromatic nitrogens is 1. The van der Waals surface area contributed by atoms with Crippen molar-refractivity contribution in [3.05, 3.63) is 46.0 Å². The van der Waals surface area contributed by atoms with Crippen molar-refractivity contribution < 1.29 is 13.9 Å². The molecule has 2 heterocycles. The van der Waals surface area contributed by atoms with Gasteiger partial charge in [-0.25, -0.2) is 9.18 Å². The van der Waals surface area contributed by atoms with Gasteiger partial charge in [-0.15, -0.1) is 11.3 Å². The topological polar surface area (TPSA) is 59.2 Å². The van der Waals surface area contributed by atoms with Crippen LogP contribution >= 0.6 is 11.3 Å². The largest absolute Gasteiger partial charge is 0.462 e. The van der Waals surface area contributed by atoms with E-state index in [1.807, 2.05) is 0 Å². The molecule has 20 heavy (non-hydrogen) atoms. The molecule has 102 valence electrons. The minimum Gasteiger partial charge on any atom is -0.462 e. The van der Waals surface area contributed by atoms with Crippen LogP contribution in [0.5, 0.6) is 0 Å². The zero-order chi connectivity index (χ0) is 14.3. The minimum absolute atomic E-state index is 0.0664. The molecule has 3 aromatic rings. The summed E-state index contributed by atoms with van der Waals surface area (Å²) in [6, 6.07) is 4.26. The summed E-state index contributed by atoms with van der Waals surface area (Å²) >= 11 is 1.34. The van der Waals surface area contributed by atoms with Gasteiger partial charge in [0.15, 0.2) is 0 Å². The first-order chi connectivity index (χ1) is 9.61. The van der Waals surface area contributed by atoms with E-state index in [1.54, 1.807) is 13.0 Å². The van der Waals surface area contributed by atoms with E-state index in [0.29, 0.717) is 15.6 Å². The van der Waals surface area contributed by atoms with E-state index in [2.05, 4.69) is 4.98 Å². The minimum atomic E-state index is -0.675. The molecule has 0 spiro atoms. The maximum absolute atomic E-state index is 13.4. The number of ether oxygens (including phenoxy) is 1. The fourth-order valence-corrected chi connectivity index (χ4v) is 3.14. The van der Waals surface area contributed by atoms with Crippen LogP contribution in [0.3, 0.4) is 0 Å². The van der Waals surface area contributed by atoms with Crippen molar-refractivity contribution in [3.8, 4) is 0 Å². The van der Waals surface area contributed by atoms with Crippen LogP contribution in [0.15, 0.2) is 29.2 Å². The number of hydrogen-bond donors (Lipinski definition) is 1. The van der Waals surface area contributed by atoms with Crippen molar-refractivity contribution in [1.82, 2.24) is 4.98 Å². The molecule has 0 unspecified atom stereocenters. The first kappa shape index (κ1) is 12.8. The monoisotopic (exact) mass is 291 g/mol. The van der Waals surface area contributed by atoms with Gasteiger partial charge in [-0.1, -0.05) is 0 Å². The fourth-order valence-electron chi connectivity index (χ4n) is 2.10. The van der Waals surface area contributed by atoms with Crippen LogP contribution in [0.25, 0.3) is 20.3 Å². The number of H-pyrrole nitrogens is 1. The van der Waals surface area contributed by atoms with E-state index < -0.39 is 17.2 Å². The lowest BCUT2D eigenvalue weighted by Gasteiger charge is -2.01. The fraction of sp³-hybridized carbons (Fsp3) is 0.143. The third-order valence-electron chi connectivity index (χ3n) is 2.96. The summed E-state index contributed by atoms with van der Waals surface area (Å²) in [6.45, 7) is 1.86. The number of carbonyl (C=O) groups is 1. The van der Waals surface area contributed by atoms with Crippen LogP contribution in [-0.4, -0.2) is 17.6 Å². The Kier molecular flexibility index (Phi) is 3.02. The molecule has 3 rings (SSSR count). The maximum atomic E-state index is 13.4. The number of carbonyl (C=O) groups excluding carboxylic acids is 1. The highest BCUT2D eigenvalue weighted by atomic mass is 32.1. The zero-order valence-electron chi connectivity index (χ0n) is 10.5. The molecule has 1 aromatic carbocycles. The molecule has 0 fully saturated rings. The van der Waals surface area contributed by atoms with Gasteiger partial charge in [-0.3, -0.25) is 4.79 Å². The first-order valence-electron chi connectivity index (χ1n) is 6.02. The number of aromatic amines is 1. The summed E-state index contributed by atoms with van der Waals surface area (Å²) in [7, 11) is 0. The Morgan fingerprint density at radius 3 is 3.00 bits per heavy atom. The Morgan fingerprint density at radius 1 is 1.45 bits per heavy atom. The van der Waals surface area contributed by atoms with Crippen LogP contribution in [0, 0.1) is 5.82 Å². The molecule has 6 heteroatoms. The second-order valence-electron chi connectivity index (χ2n) is 4.20. The summed E-state index contributed by atoms with van der Waals surface area (Å²) in [5, 5.41) is 0.840. The standard InChI is InChI=1S/C14H10FNO3S/c1-2-19-14(18)9-6-16-13-11(12(9)17)8-5-7(15)3-4-10(8)20-13/h3-6H,2H2,1H3,(H,16,17). The Bertz CT molecular complexity index is 881. The number of benzene rings is 1. The molecular weight excluding hydrogens is 281 g/mol. The predicted molar refractivity (Wildman–Crippen MR) is 75.9 cm³/mol. The number of nitrogens with one attached hydrogen (secondary N) is 1. The molecule has 0 saturated carbocycles. The Morgan fingerprint density at radius 2 is 2.25 bits per heavy atom. The van der Waals surface area contributed by atoms with Gasteiger partial charge >= 0.3 is 5.97 Å². The number of thiophene rings is 1. The zero-order valence-corrected chi connectivity index (χ0v) is 11.3. The smallest absolute Gasteiger partial charge is 0.343 e. The highest BCUT2D eigenvalue weighted by molar-refractivity contribution is 7.25. The van der Waals surface area contributed by atoms with Crippen LogP contribution in [0.1, 0.15) is 17.3 Å². The van der Waals surface area contributed by atoms with Gasteiger partial charge in [0.1, 0.15) is 16.2 Å². The second kappa shape index (κ2) is 4.72. The highest BCUT2D eigenvalue weighted by Crippen LogP contribution is 2.31. The molecule has 0 aliphatic heterocycles. The summed E-state index contributed by atoms with van der Waals surface area (Å²) in [5.74, 6) is -1.09. The third-order valence-corrected chi connectivity index (χ3v) is 4.07. The van der Waals surface area contributed by atoms with Gasteiger partial charge in [-0.2, -0.15) is 0 Å². The van der Waals surface area contributed by atoms with Crippen molar-refractivity contribution in [3.63, 3.8) is 0 Å². The van der Waals surface area contributed by atoms with E-state index in [4.69, 9.17) is 4.74 Å². The average molecular weight is 291 g/mol. The number of esters is 1. The highest BCUT2D eigenvalue weighted by Gasteiger charge is 2.17. The normalized spacial score (nSPS) is 11.1. The SMILES string of the molecule is CCOC(=O)c1c[nH]c2sc3ccc(F)cc3c2c1=O. The van der Waals surface area contributed by atoms with Crippen molar-refractivity contribution in [1.29, 1.82) is 0 Å². The van der Waals surface area contributed by atoms with Crippen LogP contribution in [-0.2, 0) is 4.74 Å². The molecule has 0 amide bonds. The number of pyridine rings is 1. The Labute approximate surface area is 116 Å². The number of hydrogen-bond acceptors (Lipinski definition) is 4. The van der Waals surface area contributed by atoms with Crippen LogP contribution in [0.2, 0.25) is 0 Å². The van der Waals surface area contributed by atoms with Crippen molar-refractivity contribution in [2.75, 3.05) is 6.61 Å². The molecule has 0 bridgehead atoms. The van der Waals surface area contributed by atoms with Crippen LogP contribution < -0.4 is 5.43 Å². The summed E-state index contributed by atoms with van der Waals surface area (Å²) < 4.78 is 19.0. The molecule has 0 radical (unpaired) electrons. The Hall–Kier alpha value is -2.21. The molecule has 0 atom stereocenters. The van der Waals surface area contributed by atoms with Gasteiger partial charge in [0.25, 0.3) is 0 Å². The van der Waals surface area contributed by atoms with Gasteiger partial charge in [0, 0.05) is 16.3 Å². The summed E-state index contributed by atoms with van der Waals surface area (Å²) in [6.07, 6.45) is 1.34. The van der Waals surface area contributed by atoms with E-state index in [0.717, 1.165) is 4.70 Å². The molecule has 1 N–H and O–H groups in total. The molecule has 0 aliphatic rings. The van der Waals surface area contributed by atoms with Crippen molar-refractivity contribution >= 4 is 37.6 Å². The maximum Gasteiger partial charge on any atom is 0.343 e. The molecule has 4 nitrogen and oxygen atoms in total. The van der Waals surface area contributed by atoms with Crippen LogP contribution in [0.4, 0.5) is 4.39 Å². The Balaban J connectivity index is 2.36. The van der Waals surface area contributed by atoms with E-state index in [9.17, 15) is 14.0 Å². The molecule has 0 saturated heterocycles. The predicted octanol–water partition coefficient (Wildman–Crippen LogP) is 3.06. The van der Waals surface area contributed by atoms with E-state index >= 15 is 0 Å². The number of rotatable bonds is 2. The molecule has 0 aliphatic carbocycles. The average Bonchev–Trinajstić information content (AvgIpc) is 2.77. The lowest BCUT2D eigenvalue weighted by molar-refractivity contribution is 0.0524. The number of fused-ring (bicyclic) bond motifs is 3. The lowest BCUT2D eigenvalue weighted by atomic mass is 10.1. The van der Waals surface area contributed by atoms with Crippen molar-refractivity contribution in [2.45, 2.75) is 6.92 Å². The van der Waals surface area contributed by atoms with E-state index in [1.165, 1.54) is 29.7 Å². The lowest BCUT2D eigenvalue weighted by Crippen LogP contribution is -2.17. The second-order valence-corrected chi connectivity index (χ2v) is 5.25. The summed E-state index contributed by atoms with van der Waals surface area (Å²) in [4.78, 5) is 27.6. The van der Waals surface area contributed by atoms with Gasteiger partial charge < -0.3 is 9.72 Å². The van der Waals surface area contributed by atoms with E-state index in [-0.39, 0.29) is 12.2 Å². The van der Waals surface area contributed by atoms with Gasteiger partial charge in [0.2, 0.25) is 5.43 Å².